The molecule has 1 saturated carbocycles. The highest BCUT2D eigenvalue weighted by Gasteiger charge is 2.49. The molecule has 4 rings (SSSR count). The van der Waals surface area contributed by atoms with Crippen molar-refractivity contribution in [3.8, 4) is 0 Å². The van der Waals surface area contributed by atoms with Crippen LogP contribution in [0, 0.1) is 11.8 Å². The molecule has 5 nitrogen and oxygen atoms in total. The number of nitrogens with zero attached hydrogens (tertiary/aromatic N) is 3. The van der Waals surface area contributed by atoms with Crippen molar-refractivity contribution in [1.82, 2.24) is 9.88 Å². The van der Waals surface area contributed by atoms with Crippen LogP contribution in [-0.4, -0.2) is 53.7 Å². The average Bonchev–Trinajstić information content (AvgIpc) is 3.27. The molecule has 5 atom stereocenters. The molecule has 3 fully saturated rings. The third kappa shape index (κ3) is 3.37. The maximum absolute atomic E-state index is 13.9. The third-order valence-electron chi connectivity index (χ3n) is 6.26. The van der Waals surface area contributed by atoms with Crippen molar-refractivity contribution in [2.75, 3.05) is 24.5 Å². The highest BCUT2D eigenvalue weighted by atomic mass is 19.4. The lowest BCUT2D eigenvalue weighted by Gasteiger charge is -2.33. The zero-order valence-electron chi connectivity index (χ0n) is 14.7. The Morgan fingerprint density at radius 3 is 2.70 bits per heavy atom. The van der Waals surface area contributed by atoms with Gasteiger partial charge in [-0.3, -0.25) is 14.7 Å². The molecule has 9 heteroatoms. The summed E-state index contributed by atoms with van der Waals surface area (Å²) < 4.78 is 52.7. The van der Waals surface area contributed by atoms with E-state index < -0.39 is 30.0 Å². The molecule has 3 heterocycles. The van der Waals surface area contributed by atoms with E-state index in [1.54, 1.807) is 6.07 Å². The van der Waals surface area contributed by atoms with Gasteiger partial charge in [-0.05, 0) is 36.8 Å². The Balaban J connectivity index is 1.51. The van der Waals surface area contributed by atoms with Gasteiger partial charge in [0.25, 0.3) is 0 Å². The zero-order valence-corrected chi connectivity index (χ0v) is 14.7. The minimum Gasteiger partial charge on any atom is -0.371 e. The molecule has 0 unspecified atom stereocenters. The number of amides is 1. The summed E-state index contributed by atoms with van der Waals surface area (Å²) in [5.41, 5.74) is 5.06. The number of halogens is 4. The molecule has 0 bridgehead atoms. The molecule has 0 radical (unpaired) electrons. The Hall–Kier alpha value is -1.90. The maximum Gasteiger partial charge on any atom is 0.433 e. The van der Waals surface area contributed by atoms with Crippen LogP contribution in [0.2, 0.25) is 0 Å². The van der Waals surface area contributed by atoms with Crippen LogP contribution in [0.25, 0.3) is 0 Å². The van der Waals surface area contributed by atoms with E-state index in [2.05, 4.69) is 4.98 Å². The molecule has 1 aliphatic carbocycles. The second kappa shape index (κ2) is 6.61. The van der Waals surface area contributed by atoms with Crippen molar-refractivity contribution in [3.63, 3.8) is 0 Å². The topological polar surface area (TPSA) is 62.5 Å². The lowest BCUT2D eigenvalue weighted by atomic mass is 9.96. The fourth-order valence-corrected chi connectivity index (χ4v) is 5.08. The molecule has 2 aliphatic heterocycles. The molecule has 0 spiro atoms. The van der Waals surface area contributed by atoms with E-state index in [0.717, 1.165) is 18.9 Å². The number of nitrogens with two attached hydrogens (primary N) is 1. The van der Waals surface area contributed by atoms with E-state index in [9.17, 15) is 22.4 Å². The fraction of sp³-hybridized carbons (Fsp3) is 0.667. The van der Waals surface area contributed by atoms with E-state index in [1.165, 1.54) is 6.20 Å². The number of hydrogen-bond acceptors (Lipinski definition) is 4. The molecule has 0 aromatic carbocycles. The van der Waals surface area contributed by atoms with Gasteiger partial charge in [0, 0.05) is 44.0 Å². The predicted molar refractivity (Wildman–Crippen MR) is 90.7 cm³/mol. The van der Waals surface area contributed by atoms with E-state index in [1.807, 2.05) is 9.80 Å². The van der Waals surface area contributed by atoms with E-state index in [-0.39, 0.29) is 24.9 Å². The Kier molecular flexibility index (Phi) is 4.52. The lowest BCUT2D eigenvalue weighted by molar-refractivity contribution is -0.141. The van der Waals surface area contributed by atoms with Gasteiger partial charge in [0.1, 0.15) is 11.9 Å². The summed E-state index contributed by atoms with van der Waals surface area (Å²) in [4.78, 5) is 19.0. The second-order valence-corrected chi connectivity index (χ2v) is 7.82. The monoisotopic (exact) mass is 386 g/mol. The SMILES string of the molecule is NC(=O)[C@@H]1C[C@@H](F)CN1[C@H]1CC[C@@H]2CN(c3ccnc(C(F)(F)F)c3)C[C@@H]21. The second-order valence-electron chi connectivity index (χ2n) is 7.82. The van der Waals surface area contributed by atoms with Crippen molar-refractivity contribution in [3.05, 3.63) is 24.0 Å². The summed E-state index contributed by atoms with van der Waals surface area (Å²) in [5.74, 6) is 0.0155. The molecule has 1 aromatic rings. The first-order valence-electron chi connectivity index (χ1n) is 9.21. The van der Waals surface area contributed by atoms with Crippen LogP contribution in [0.4, 0.5) is 23.2 Å². The number of pyridine rings is 1. The van der Waals surface area contributed by atoms with Crippen LogP contribution < -0.4 is 10.6 Å². The first-order chi connectivity index (χ1) is 12.7. The molecule has 3 aliphatic rings. The van der Waals surface area contributed by atoms with Gasteiger partial charge in [0.05, 0.1) is 6.04 Å². The number of aromatic nitrogens is 1. The van der Waals surface area contributed by atoms with Crippen molar-refractivity contribution in [2.24, 2.45) is 17.6 Å². The molecular weight excluding hydrogens is 364 g/mol. The van der Waals surface area contributed by atoms with Crippen LogP contribution in [0.1, 0.15) is 25.0 Å². The summed E-state index contributed by atoms with van der Waals surface area (Å²) in [6.45, 7) is 1.46. The smallest absolute Gasteiger partial charge is 0.371 e. The number of rotatable bonds is 3. The van der Waals surface area contributed by atoms with Crippen molar-refractivity contribution in [2.45, 2.75) is 43.7 Å². The number of carbonyl (C=O) groups excluding carboxylic acids is 1. The molecule has 1 aromatic heterocycles. The minimum atomic E-state index is -4.48. The molecule has 1 amide bonds. The summed E-state index contributed by atoms with van der Waals surface area (Å²) in [5, 5.41) is 0. The van der Waals surface area contributed by atoms with Crippen molar-refractivity contribution >= 4 is 11.6 Å². The van der Waals surface area contributed by atoms with Gasteiger partial charge in [0.15, 0.2) is 0 Å². The van der Waals surface area contributed by atoms with Gasteiger partial charge in [-0.15, -0.1) is 0 Å². The largest absolute Gasteiger partial charge is 0.433 e. The molecule has 148 valence electrons. The maximum atomic E-state index is 13.9. The molecule has 2 N–H and O–H groups in total. The Morgan fingerprint density at radius 2 is 2.00 bits per heavy atom. The van der Waals surface area contributed by atoms with Crippen LogP contribution in [0.15, 0.2) is 18.3 Å². The lowest BCUT2D eigenvalue weighted by Crippen LogP contribution is -2.48. The van der Waals surface area contributed by atoms with Gasteiger partial charge < -0.3 is 10.6 Å². The van der Waals surface area contributed by atoms with Crippen molar-refractivity contribution in [1.29, 1.82) is 0 Å². The fourth-order valence-electron chi connectivity index (χ4n) is 5.08. The predicted octanol–water partition coefficient (Wildman–Crippen LogP) is 2.21. The van der Waals surface area contributed by atoms with Crippen molar-refractivity contribution < 1.29 is 22.4 Å². The Morgan fingerprint density at radius 1 is 1.22 bits per heavy atom. The number of likely N-dealkylation sites (tertiary alicyclic amines) is 1. The Bertz CT molecular complexity index is 728. The highest BCUT2D eigenvalue weighted by Crippen LogP contribution is 2.44. The van der Waals surface area contributed by atoms with Gasteiger partial charge in [-0.25, -0.2) is 4.39 Å². The van der Waals surface area contributed by atoms with Crippen LogP contribution in [0.3, 0.4) is 0 Å². The standard InChI is InChI=1S/C18H22F4N4O/c19-11-5-15(17(23)27)26(8-11)14-2-1-10-7-25(9-13(10)14)12-3-4-24-16(6-12)18(20,21)22/h3-4,6,10-11,13-15H,1-2,5,7-9H2,(H2,23,27)/t10-,11-,13+,14+,15+/m1/s1. The Labute approximate surface area is 154 Å². The normalized spacial score (nSPS) is 34.2. The number of carbonyl (C=O) groups is 1. The summed E-state index contributed by atoms with van der Waals surface area (Å²) >= 11 is 0. The minimum absolute atomic E-state index is 0.0437. The van der Waals surface area contributed by atoms with E-state index in [4.69, 9.17) is 5.73 Å². The number of primary amides is 1. The quantitative estimate of drug-likeness (QED) is 0.810. The molecular formula is C18H22F4N4O. The first kappa shape index (κ1) is 18.5. The van der Waals surface area contributed by atoms with Crippen LogP contribution >= 0.6 is 0 Å². The molecule has 2 saturated heterocycles. The van der Waals surface area contributed by atoms with Gasteiger partial charge in [-0.2, -0.15) is 13.2 Å². The number of hydrogen-bond donors (Lipinski definition) is 1. The zero-order chi connectivity index (χ0) is 19.3. The molecule has 27 heavy (non-hydrogen) atoms. The number of anilines is 1. The third-order valence-corrected chi connectivity index (χ3v) is 6.26. The summed E-state index contributed by atoms with van der Waals surface area (Å²) in [6, 6.07) is 2.12. The van der Waals surface area contributed by atoms with Gasteiger partial charge >= 0.3 is 6.18 Å². The van der Waals surface area contributed by atoms with Crippen LogP contribution in [-0.2, 0) is 11.0 Å². The van der Waals surface area contributed by atoms with Gasteiger partial charge in [0.2, 0.25) is 5.91 Å². The number of alkyl halides is 4. The van der Waals surface area contributed by atoms with E-state index >= 15 is 0 Å². The highest BCUT2D eigenvalue weighted by molar-refractivity contribution is 5.80. The number of fused-ring (bicyclic) bond motifs is 1. The van der Waals surface area contributed by atoms with Gasteiger partial charge in [-0.1, -0.05) is 0 Å². The summed E-state index contributed by atoms with van der Waals surface area (Å²) in [6.07, 6.45) is -2.44. The van der Waals surface area contributed by atoms with Crippen LogP contribution in [0.5, 0.6) is 0 Å². The average molecular weight is 386 g/mol. The van der Waals surface area contributed by atoms with E-state index in [0.29, 0.717) is 24.7 Å². The summed E-state index contributed by atoms with van der Waals surface area (Å²) in [7, 11) is 0. The first-order valence-corrected chi connectivity index (χ1v) is 9.21.